The van der Waals surface area contributed by atoms with E-state index in [-0.39, 0.29) is 18.6 Å². The van der Waals surface area contributed by atoms with Crippen LogP contribution in [0.3, 0.4) is 0 Å². The molecule has 0 bridgehead atoms. The van der Waals surface area contributed by atoms with Crippen molar-refractivity contribution in [1.82, 2.24) is 0 Å². The fourth-order valence-electron chi connectivity index (χ4n) is 3.01. The number of para-hydroxylation sites is 1. The van der Waals surface area contributed by atoms with Crippen molar-refractivity contribution in [3.8, 4) is 0 Å². The summed E-state index contributed by atoms with van der Waals surface area (Å²) < 4.78 is 17.9. The number of Topliss-reactive ketones (excluding diaryl/α,β-unsaturated/α-hetero) is 1. The lowest BCUT2D eigenvalue weighted by Crippen LogP contribution is -2.21. The highest BCUT2D eigenvalue weighted by Crippen LogP contribution is 2.19. The van der Waals surface area contributed by atoms with Crippen molar-refractivity contribution in [1.29, 1.82) is 0 Å². The van der Waals surface area contributed by atoms with Crippen LogP contribution in [-0.2, 0) is 20.7 Å². The van der Waals surface area contributed by atoms with E-state index in [1.54, 1.807) is 6.07 Å². The highest BCUT2D eigenvalue weighted by Gasteiger charge is 2.13. The van der Waals surface area contributed by atoms with Crippen molar-refractivity contribution in [3.05, 3.63) is 101 Å². The lowest BCUT2D eigenvalue weighted by atomic mass is 10.0. The van der Waals surface area contributed by atoms with Crippen LogP contribution in [0.25, 0.3) is 0 Å². The Morgan fingerprint density at radius 3 is 2.23 bits per heavy atom. The van der Waals surface area contributed by atoms with E-state index in [0.29, 0.717) is 17.7 Å². The third-order valence-electron chi connectivity index (χ3n) is 4.62. The molecule has 0 heterocycles. The predicted octanol–water partition coefficient (Wildman–Crippen LogP) is 4.56. The second-order valence-corrected chi connectivity index (χ2v) is 6.96. The molecule has 3 aromatic rings. The topological polar surface area (TPSA) is 72.5 Å². The number of rotatable bonds is 9. The van der Waals surface area contributed by atoms with Crippen LogP contribution in [0.15, 0.2) is 78.9 Å². The molecule has 31 heavy (non-hydrogen) atoms. The van der Waals surface area contributed by atoms with Crippen molar-refractivity contribution in [2.24, 2.45) is 0 Å². The molecule has 0 aromatic heterocycles. The van der Waals surface area contributed by atoms with Gasteiger partial charge in [-0.2, -0.15) is 0 Å². The van der Waals surface area contributed by atoms with Crippen molar-refractivity contribution in [3.63, 3.8) is 0 Å². The molecule has 3 rings (SSSR count). The lowest BCUT2D eigenvalue weighted by Gasteiger charge is -2.11. The third-order valence-corrected chi connectivity index (χ3v) is 4.62. The molecule has 1 N–H and O–H groups in total. The molecular weight excluding hydrogens is 397 g/mol. The Kier molecular flexibility index (Phi) is 7.65. The van der Waals surface area contributed by atoms with Gasteiger partial charge in [0.15, 0.2) is 12.4 Å². The van der Waals surface area contributed by atoms with Crippen molar-refractivity contribution in [2.75, 3.05) is 11.9 Å². The van der Waals surface area contributed by atoms with E-state index in [9.17, 15) is 18.8 Å². The number of hydrogen-bond acceptors (Lipinski definition) is 4. The van der Waals surface area contributed by atoms with Gasteiger partial charge < -0.3 is 10.1 Å². The number of carbonyl (C=O) groups is 3. The number of carbonyl (C=O) groups excluding carboxylic acids is 3. The van der Waals surface area contributed by atoms with E-state index in [2.05, 4.69) is 5.32 Å². The molecule has 0 saturated heterocycles. The molecule has 6 heteroatoms. The summed E-state index contributed by atoms with van der Waals surface area (Å²) in [5, 5.41) is 2.76. The van der Waals surface area contributed by atoms with E-state index in [1.165, 1.54) is 24.3 Å². The second kappa shape index (κ2) is 10.8. The standard InChI is InChI=1S/C25H22FNO4/c26-21-12-10-19(11-13-21)23(28)14-15-25(30)31-17-24(29)27-22-9-5-4-8-20(22)16-18-6-2-1-3-7-18/h1-13H,14-17H2,(H,27,29). The zero-order valence-corrected chi connectivity index (χ0v) is 16.8. The van der Waals surface area contributed by atoms with Crippen LogP contribution >= 0.6 is 0 Å². The average Bonchev–Trinajstić information content (AvgIpc) is 2.78. The molecule has 0 aliphatic carbocycles. The Balaban J connectivity index is 1.46. The molecule has 0 atom stereocenters. The van der Waals surface area contributed by atoms with E-state index < -0.39 is 24.3 Å². The van der Waals surface area contributed by atoms with Crippen molar-refractivity contribution < 1.29 is 23.5 Å². The molecule has 1 amide bonds. The Hall–Kier alpha value is -3.80. The average molecular weight is 419 g/mol. The number of nitrogens with one attached hydrogen (secondary N) is 1. The summed E-state index contributed by atoms with van der Waals surface area (Å²) in [4.78, 5) is 36.1. The van der Waals surface area contributed by atoms with Gasteiger partial charge in [-0.25, -0.2) is 4.39 Å². The van der Waals surface area contributed by atoms with Crippen LogP contribution in [-0.4, -0.2) is 24.3 Å². The van der Waals surface area contributed by atoms with Gasteiger partial charge in [0.1, 0.15) is 5.82 Å². The first-order chi connectivity index (χ1) is 15.0. The van der Waals surface area contributed by atoms with Crippen LogP contribution in [0.5, 0.6) is 0 Å². The molecule has 5 nitrogen and oxygen atoms in total. The molecule has 0 unspecified atom stereocenters. The Morgan fingerprint density at radius 1 is 0.806 bits per heavy atom. The van der Waals surface area contributed by atoms with Gasteiger partial charge in [-0.05, 0) is 47.9 Å². The maximum atomic E-state index is 12.9. The first kappa shape index (κ1) is 21.9. The maximum Gasteiger partial charge on any atom is 0.306 e. The lowest BCUT2D eigenvalue weighted by molar-refractivity contribution is -0.147. The van der Waals surface area contributed by atoms with E-state index in [1.807, 2.05) is 48.5 Å². The highest BCUT2D eigenvalue weighted by atomic mass is 19.1. The minimum Gasteiger partial charge on any atom is -0.456 e. The number of benzene rings is 3. The number of ketones is 1. The van der Waals surface area contributed by atoms with Gasteiger partial charge in [-0.3, -0.25) is 14.4 Å². The van der Waals surface area contributed by atoms with Gasteiger partial charge in [0, 0.05) is 17.7 Å². The van der Waals surface area contributed by atoms with E-state index >= 15 is 0 Å². The van der Waals surface area contributed by atoms with Crippen LogP contribution < -0.4 is 5.32 Å². The van der Waals surface area contributed by atoms with Gasteiger partial charge in [0.2, 0.25) is 0 Å². The Morgan fingerprint density at radius 2 is 1.48 bits per heavy atom. The SMILES string of the molecule is O=C(COC(=O)CCC(=O)c1ccc(F)cc1)Nc1ccccc1Cc1ccccc1. The number of esters is 1. The molecule has 158 valence electrons. The molecule has 3 aromatic carbocycles. The maximum absolute atomic E-state index is 12.9. The Bertz CT molecular complexity index is 1050. The molecule has 0 radical (unpaired) electrons. The highest BCUT2D eigenvalue weighted by molar-refractivity contribution is 5.98. The summed E-state index contributed by atoms with van der Waals surface area (Å²) in [5.41, 5.74) is 3.03. The number of anilines is 1. The van der Waals surface area contributed by atoms with Crippen LogP contribution in [0.1, 0.15) is 34.3 Å². The summed E-state index contributed by atoms with van der Waals surface area (Å²) in [5.74, 6) is -1.84. The molecule has 0 spiro atoms. The number of hydrogen-bond donors (Lipinski definition) is 1. The zero-order valence-electron chi connectivity index (χ0n) is 16.8. The predicted molar refractivity (Wildman–Crippen MR) is 115 cm³/mol. The van der Waals surface area contributed by atoms with E-state index in [0.717, 1.165) is 11.1 Å². The number of halogens is 1. The minimum atomic E-state index is -0.650. The minimum absolute atomic E-state index is 0.0774. The second-order valence-electron chi connectivity index (χ2n) is 6.96. The van der Waals surface area contributed by atoms with Crippen molar-refractivity contribution >= 4 is 23.3 Å². The summed E-state index contributed by atoms with van der Waals surface area (Å²) >= 11 is 0. The fourth-order valence-corrected chi connectivity index (χ4v) is 3.01. The summed E-state index contributed by atoms with van der Waals surface area (Å²) in [6, 6.07) is 22.4. The van der Waals surface area contributed by atoms with Crippen LogP contribution in [0.4, 0.5) is 10.1 Å². The van der Waals surface area contributed by atoms with Gasteiger partial charge in [-0.15, -0.1) is 0 Å². The fraction of sp³-hybridized carbons (Fsp3) is 0.160. The first-order valence-electron chi connectivity index (χ1n) is 9.87. The monoisotopic (exact) mass is 419 g/mol. The van der Waals surface area contributed by atoms with E-state index in [4.69, 9.17) is 4.74 Å². The molecular formula is C25H22FNO4. The van der Waals surface area contributed by atoms with Crippen LogP contribution in [0.2, 0.25) is 0 Å². The Labute approximate surface area is 179 Å². The number of amides is 1. The smallest absolute Gasteiger partial charge is 0.306 e. The van der Waals surface area contributed by atoms with Gasteiger partial charge in [0.05, 0.1) is 6.42 Å². The zero-order chi connectivity index (χ0) is 22.1. The molecule has 0 aliphatic heterocycles. The summed E-state index contributed by atoms with van der Waals surface area (Å²) in [6.07, 6.45) is 0.419. The quantitative estimate of drug-likeness (QED) is 0.408. The van der Waals surface area contributed by atoms with Gasteiger partial charge >= 0.3 is 5.97 Å². The number of ether oxygens (including phenoxy) is 1. The molecule has 0 fully saturated rings. The van der Waals surface area contributed by atoms with Gasteiger partial charge in [0.25, 0.3) is 5.91 Å². The van der Waals surface area contributed by atoms with Crippen molar-refractivity contribution in [2.45, 2.75) is 19.3 Å². The normalized spacial score (nSPS) is 10.4. The third kappa shape index (κ3) is 6.89. The largest absolute Gasteiger partial charge is 0.456 e. The summed E-state index contributed by atoms with van der Waals surface area (Å²) in [7, 11) is 0. The first-order valence-corrected chi connectivity index (χ1v) is 9.87. The van der Waals surface area contributed by atoms with Crippen LogP contribution in [0, 0.1) is 5.82 Å². The molecule has 0 saturated carbocycles. The summed E-state index contributed by atoms with van der Waals surface area (Å²) in [6.45, 7) is -0.441. The molecule has 0 aliphatic rings. The van der Waals surface area contributed by atoms with Gasteiger partial charge in [-0.1, -0.05) is 48.5 Å².